The molecule has 0 heterocycles. The number of rotatable bonds is 5. The second-order valence-corrected chi connectivity index (χ2v) is 3.88. The third-order valence-corrected chi connectivity index (χ3v) is 2.18. The maximum atomic E-state index is 4.06. The van der Waals surface area contributed by atoms with E-state index in [2.05, 4.69) is 44.0 Å². The van der Waals surface area contributed by atoms with Crippen molar-refractivity contribution >= 4 is 5.57 Å². The first kappa shape index (κ1) is 11.7. The molecule has 1 nitrogen and oxygen atoms in total. The van der Waals surface area contributed by atoms with Gasteiger partial charge in [-0.1, -0.05) is 48.6 Å². The summed E-state index contributed by atoms with van der Waals surface area (Å²) in [6, 6.07) is 10.3. The van der Waals surface area contributed by atoms with E-state index in [4.69, 9.17) is 0 Å². The number of allylic oxidation sites excluding steroid dienone is 1. The minimum atomic E-state index is 0.841. The van der Waals surface area contributed by atoms with Gasteiger partial charge in [0, 0.05) is 13.1 Å². The zero-order valence-electron chi connectivity index (χ0n) is 9.59. The Labute approximate surface area is 92.5 Å². The summed E-state index contributed by atoms with van der Waals surface area (Å²) in [7, 11) is 0. The smallest absolute Gasteiger partial charge is 0.0208 e. The molecule has 0 aromatic heterocycles. The summed E-state index contributed by atoms with van der Waals surface area (Å²) in [5, 5.41) is 3.34. The van der Waals surface area contributed by atoms with Crippen LogP contribution in [0.15, 0.2) is 48.6 Å². The van der Waals surface area contributed by atoms with E-state index in [0.717, 1.165) is 18.7 Å². The highest BCUT2D eigenvalue weighted by Crippen LogP contribution is 2.09. The van der Waals surface area contributed by atoms with Crippen molar-refractivity contribution in [3.63, 3.8) is 0 Å². The number of hydrogen-bond acceptors (Lipinski definition) is 1. The van der Waals surface area contributed by atoms with Crippen LogP contribution in [-0.2, 0) is 0 Å². The van der Waals surface area contributed by atoms with Gasteiger partial charge >= 0.3 is 0 Å². The summed E-state index contributed by atoms with van der Waals surface area (Å²) in [5.74, 6) is 0. The molecule has 1 heteroatoms. The average molecular weight is 201 g/mol. The standard InChI is InChI=1S/C14H19N/c1-12(2)9-10-15-11-13(3)14-7-5-4-6-8-14/h4-9,15H,3,10-11H2,1-2H3. The molecule has 0 atom stereocenters. The molecule has 1 aromatic carbocycles. The fourth-order valence-corrected chi connectivity index (χ4v) is 1.28. The summed E-state index contributed by atoms with van der Waals surface area (Å²) in [6.07, 6.45) is 2.18. The van der Waals surface area contributed by atoms with Gasteiger partial charge in [0.05, 0.1) is 0 Å². The Hall–Kier alpha value is -1.34. The first-order chi connectivity index (χ1) is 7.20. The Morgan fingerprint density at radius 2 is 1.93 bits per heavy atom. The van der Waals surface area contributed by atoms with Gasteiger partial charge in [0.25, 0.3) is 0 Å². The maximum absolute atomic E-state index is 4.06. The first-order valence-electron chi connectivity index (χ1n) is 5.27. The Balaban J connectivity index is 2.35. The molecule has 0 radical (unpaired) electrons. The highest BCUT2D eigenvalue weighted by Gasteiger charge is 1.95. The SMILES string of the molecule is C=C(CNCC=C(C)C)c1ccccc1. The highest BCUT2D eigenvalue weighted by atomic mass is 14.8. The van der Waals surface area contributed by atoms with Crippen molar-refractivity contribution in [2.24, 2.45) is 0 Å². The zero-order valence-corrected chi connectivity index (χ0v) is 9.59. The fourth-order valence-electron chi connectivity index (χ4n) is 1.28. The third-order valence-electron chi connectivity index (χ3n) is 2.18. The van der Waals surface area contributed by atoms with Gasteiger partial charge in [0.1, 0.15) is 0 Å². The van der Waals surface area contributed by atoms with Gasteiger partial charge in [-0.05, 0) is 25.0 Å². The molecule has 0 amide bonds. The van der Waals surface area contributed by atoms with Crippen molar-refractivity contribution < 1.29 is 0 Å². The van der Waals surface area contributed by atoms with Crippen molar-refractivity contribution in [1.29, 1.82) is 0 Å². The van der Waals surface area contributed by atoms with E-state index in [1.807, 2.05) is 18.2 Å². The van der Waals surface area contributed by atoms with Crippen LogP contribution in [0.25, 0.3) is 5.57 Å². The molecule has 1 aromatic rings. The topological polar surface area (TPSA) is 12.0 Å². The Morgan fingerprint density at radius 1 is 1.27 bits per heavy atom. The van der Waals surface area contributed by atoms with Gasteiger partial charge in [0.15, 0.2) is 0 Å². The quantitative estimate of drug-likeness (QED) is 0.569. The third kappa shape index (κ3) is 4.61. The van der Waals surface area contributed by atoms with E-state index < -0.39 is 0 Å². The van der Waals surface area contributed by atoms with Crippen LogP contribution < -0.4 is 5.32 Å². The molecule has 0 saturated carbocycles. The number of nitrogens with one attached hydrogen (secondary N) is 1. The lowest BCUT2D eigenvalue weighted by Crippen LogP contribution is -2.16. The van der Waals surface area contributed by atoms with E-state index in [9.17, 15) is 0 Å². The normalized spacial score (nSPS) is 9.73. The van der Waals surface area contributed by atoms with E-state index in [0.29, 0.717) is 0 Å². The van der Waals surface area contributed by atoms with Crippen LogP contribution in [0.2, 0.25) is 0 Å². The minimum absolute atomic E-state index is 0.841. The van der Waals surface area contributed by atoms with Gasteiger partial charge in [-0.25, -0.2) is 0 Å². The first-order valence-corrected chi connectivity index (χ1v) is 5.27. The van der Waals surface area contributed by atoms with E-state index in [-0.39, 0.29) is 0 Å². The van der Waals surface area contributed by atoms with Gasteiger partial charge in [-0.15, -0.1) is 0 Å². The molecule has 0 spiro atoms. The summed E-state index contributed by atoms with van der Waals surface area (Å²) < 4.78 is 0. The molecular weight excluding hydrogens is 182 g/mol. The van der Waals surface area contributed by atoms with Crippen LogP contribution in [0.1, 0.15) is 19.4 Å². The zero-order chi connectivity index (χ0) is 11.1. The van der Waals surface area contributed by atoms with E-state index in [1.54, 1.807) is 0 Å². The van der Waals surface area contributed by atoms with Crippen molar-refractivity contribution in [3.8, 4) is 0 Å². The molecular formula is C14H19N. The molecule has 0 aliphatic rings. The maximum Gasteiger partial charge on any atom is 0.0208 e. The average Bonchev–Trinajstić information content (AvgIpc) is 2.25. The van der Waals surface area contributed by atoms with E-state index in [1.165, 1.54) is 11.1 Å². The monoisotopic (exact) mass is 201 g/mol. The predicted octanol–water partition coefficient (Wildman–Crippen LogP) is 3.26. The van der Waals surface area contributed by atoms with Crippen LogP contribution in [-0.4, -0.2) is 13.1 Å². The molecule has 0 aliphatic heterocycles. The molecule has 0 bridgehead atoms. The van der Waals surface area contributed by atoms with Crippen LogP contribution in [0, 0.1) is 0 Å². The number of benzene rings is 1. The Morgan fingerprint density at radius 3 is 2.53 bits per heavy atom. The van der Waals surface area contributed by atoms with Gasteiger partial charge in [-0.2, -0.15) is 0 Å². The largest absolute Gasteiger partial charge is 0.309 e. The van der Waals surface area contributed by atoms with Crippen LogP contribution in [0.5, 0.6) is 0 Å². The lowest BCUT2D eigenvalue weighted by molar-refractivity contribution is 0.849. The van der Waals surface area contributed by atoms with Crippen molar-refractivity contribution in [2.75, 3.05) is 13.1 Å². The molecule has 0 unspecified atom stereocenters. The predicted molar refractivity (Wildman–Crippen MR) is 67.8 cm³/mol. The molecule has 1 N–H and O–H groups in total. The second-order valence-electron chi connectivity index (χ2n) is 3.88. The van der Waals surface area contributed by atoms with Crippen LogP contribution in [0.3, 0.4) is 0 Å². The van der Waals surface area contributed by atoms with Crippen molar-refractivity contribution in [2.45, 2.75) is 13.8 Å². The molecule has 0 aliphatic carbocycles. The lowest BCUT2D eigenvalue weighted by Gasteiger charge is -2.06. The number of hydrogen-bond donors (Lipinski definition) is 1. The summed E-state index contributed by atoms with van der Waals surface area (Å²) >= 11 is 0. The van der Waals surface area contributed by atoms with E-state index >= 15 is 0 Å². The molecule has 15 heavy (non-hydrogen) atoms. The minimum Gasteiger partial charge on any atom is -0.309 e. The summed E-state index contributed by atoms with van der Waals surface area (Å²) in [5.41, 5.74) is 3.69. The van der Waals surface area contributed by atoms with Gasteiger partial charge in [0.2, 0.25) is 0 Å². The molecule has 0 fully saturated rings. The van der Waals surface area contributed by atoms with Gasteiger partial charge < -0.3 is 5.32 Å². The molecule has 0 saturated heterocycles. The second kappa shape index (κ2) is 6.20. The molecule has 1 rings (SSSR count). The van der Waals surface area contributed by atoms with Crippen LogP contribution in [0.4, 0.5) is 0 Å². The van der Waals surface area contributed by atoms with Crippen LogP contribution >= 0.6 is 0 Å². The summed E-state index contributed by atoms with van der Waals surface area (Å²) in [4.78, 5) is 0. The molecule has 80 valence electrons. The Bertz CT molecular complexity index is 332. The summed E-state index contributed by atoms with van der Waals surface area (Å²) in [6.45, 7) is 10.0. The fraction of sp³-hybridized carbons (Fsp3) is 0.286. The lowest BCUT2D eigenvalue weighted by atomic mass is 10.1. The van der Waals surface area contributed by atoms with Crippen molar-refractivity contribution in [3.05, 3.63) is 54.1 Å². The van der Waals surface area contributed by atoms with Crippen molar-refractivity contribution in [1.82, 2.24) is 5.32 Å². The Kier molecular flexibility index (Phi) is 4.85. The highest BCUT2D eigenvalue weighted by molar-refractivity contribution is 5.64. The van der Waals surface area contributed by atoms with Gasteiger partial charge in [-0.3, -0.25) is 0 Å².